The van der Waals surface area contributed by atoms with Crippen LogP contribution in [0.1, 0.15) is 44.2 Å². The van der Waals surface area contributed by atoms with E-state index in [0.29, 0.717) is 6.04 Å². The lowest BCUT2D eigenvalue weighted by molar-refractivity contribution is 0.117. The van der Waals surface area contributed by atoms with Crippen LogP contribution in [-0.2, 0) is 4.74 Å². The average molecular weight is 290 g/mol. The van der Waals surface area contributed by atoms with Crippen LogP contribution in [0.2, 0.25) is 0 Å². The maximum Gasteiger partial charge on any atom is 0.0478 e. The van der Waals surface area contributed by atoms with Crippen LogP contribution >= 0.6 is 0 Å². The molecule has 0 aromatic heterocycles. The normalized spacial score (nSPS) is 20.3. The molecule has 1 unspecified atom stereocenters. The van der Waals surface area contributed by atoms with Crippen molar-refractivity contribution in [2.45, 2.75) is 38.6 Å². The molecule has 0 aliphatic carbocycles. The van der Waals surface area contributed by atoms with Crippen molar-refractivity contribution >= 4 is 0 Å². The van der Waals surface area contributed by atoms with Gasteiger partial charge in [0, 0.05) is 32.3 Å². The Morgan fingerprint density at radius 1 is 1.19 bits per heavy atom. The van der Waals surface area contributed by atoms with E-state index in [4.69, 9.17) is 4.74 Å². The first-order valence-corrected chi connectivity index (χ1v) is 8.48. The molecule has 1 aliphatic heterocycles. The van der Waals surface area contributed by atoms with E-state index in [1.165, 1.54) is 31.4 Å². The van der Waals surface area contributed by atoms with E-state index >= 15 is 0 Å². The summed E-state index contributed by atoms with van der Waals surface area (Å²) in [5.41, 5.74) is 1.41. The highest BCUT2D eigenvalue weighted by Gasteiger charge is 2.18. The quantitative estimate of drug-likeness (QED) is 0.744. The molecule has 1 aliphatic rings. The van der Waals surface area contributed by atoms with Crippen LogP contribution in [0, 0.1) is 0 Å². The summed E-state index contributed by atoms with van der Waals surface area (Å²) >= 11 is 0. The zero-order valence-corrected chi connectivity index (χ0v) is 13.4. The first-order valence-electron chi connectivity index (χ1n) is 8.48. The van der Waals surface area contributed by atoms with Crippen molar-refractivity contribution in [3.63, 3.8) is 0 Å². The predicted molar refractivity (Wildman–Crippen MR) is 88.6 cm³/mol. The van der Waals surface area contributed by atoms with E-state index in [0.717, 1.165) is 39.3 Å². The molecular weight excluding hydrogens is 260 g/mol. The van der Waals surface area contributed by atoms with Gasteiger partial charge in [-0.1, -0.05) is 43.7 Å². The summed E-state index contributed by atoms with van der Waals surface area (Å²) in [5.74, 6) is 0. The van der Waals surface area contributed by atoms with Crippen LogP contribution in [0.4, 0.5) is 0 Å². The lowest BCUT2D eigenvalue weighted by Crippen LogP contribution is -2.32. The average Bonchev–Trinajstić information content (AvgIpc) is 2.77. The Labute approximate surface area is 129 Å². The van der Waals surface area contributed by atoms with Crippen molar-refractivity contribution in [1.82, 2.24) is 10.2 Å². The fraction of sp³-hybridized carbons (Fsp3) is 0.667. The van der Waals surface area contributed by atoms with Gasteiger partial charge in [-0.25, -0.2) is 0 Å². The van der Waals surface area contributed by atoms with E-state index in [9.17, 15) is 0 Å². The molecule has 1 fully saturated rings. The molecule has 2 rings (SSSR count). The van der Waals surface area contributed by atoms with Gasteiger partial charge in [-0.05, 0) is 37.9 Å². The fourth-order valence-electron chi connectivity index (χ4n) is 2.84. The van der Waals surface area contributed by atoms with Crippen molar-refractivity contribution in [2.24, 2.45) is 0 Å². The minimum absolute atomic E-state index is 0.467. The van der Waals surface area contributed by atoms with Crippen LogP contribution in [0.15, 0.2) is 30.3 Å². The summed E-state index contributed by atoms with van der Waals surface area (Å²) in [6.45, 7) is 8.60. The van der Waals surface area contributed by atoms with Crippen molar-refractivity contribution < 1.29 is 4.74 Å². The highest BCUT2D eigenvalue weighted by molar-refractivity contribution is 5.19. The molecular formula is C18H30N2O. The van der Waals surface area contributed by atoms with Gasteiger partial charge in [-0.3, -0.25) is 0 Å². The fourth-order valence-corrected chi connectivity index (χ4v) is 2.84. The summed E-state index contributed by atoms with van der Waals surface area (Å²) in [6.07, 6.45) is 4.78. The molecule has 1 N–H and O–H groups in total. The van der Waals surface area contributed by atoms with E-state index in [2.05, 4.69) is 47.5 Å². The van der Waals surface area contributed by atoms with Gasteiger partial charge >= 0.3 is 0 Å². The molecule has 21 heavy (non-hydrogen) atoms. The first kappa shape index (κ1) is 16.5. The van der Waals surface area contributed by atoms with Crippen molar-refractivity contribution in [3.8, 4) is 0 Å². The Morgan fingerprint density at radius 3 is 2.81 bits per heavy atom. The zero-order chi connectivity index (χ0) is 14.8. The molecule has 0 radical (unpaired) electrons. The highest BCUT2D eigenvalue weighted by Crippen LogP contribution is 2.16. The molecule has 1 aromatic rings. The third-order valence-electron chi connectivity index (χ3n) is 4.09. The molecule has 0 spiro atoms. The molecule has 1 aromatic carbocycles. The molecule has 0 bridgehead atoms. The van der Waals surface area contributed by atoms with E-state index in [-0.39, 0.29) is 0 Å². The number of hydrogen-bond acceptors (Lipinski definition) is 3. The minimum Gasteiger partial charge on any atom is -0.381 e. The Hall–Kier alpha value is -0.900. The molecule has 118 valence electrons. The second-order valence-corrected chi connectivity index (χ2v) is 5.89. The summed E-state index contributed by atoms with van der Waals surface area (Å²) in [7, 11) is 0. The van der Waals surface area contributed by atoms with Crippen molar-refractivity contribution in [1.29, 1.82) is 0 Å². The largest absolute Gasteiger partial charge is 0.381 e. The molecule has 1 saturated heterocycles. The summed E-state index contributed by atoms with van der Waals surface area (Å²) in [5, 5.41) is 3.67. The van der Waals surface area contributed by atoms with Crippen LogP contribution in [0.5, 0.6) is 0 Å². The smallest absolute Gasteiger partial charge is 0.0478 e. The number of nitrogens with zero attached hydrogens (tertiary/aromatic N) is 1. The topological polar surface area (TPSA) is 24.5 Å². The lowest BCUT2D eigenvalue weighted by atomic mass is 10.1. The van der Waals surface area contributed by atoms with Gasteiger partial charge in [-0.15, -0.1) is 0 Å². The van der Waals surface area contributed by atoms with Crippen LogP contribution in [0.25, 0.3) is 0 Å². The summed E-state index contributed by atoms with van der Waals surface area (Å²) in [4.78, 5) is 2.58. The number of ether oxygens (including phenoxy) is 1. The Morgan fingerprint density at radius 2 is 2.00 bits per heavy atom. The van der Waals surface area contributed by atoms with Crippen molar-refractivity contribution in [3.05, 3.63) is 35.9 Å². The molecule has 0 amide bonds. The molecule has 0 saturated carbocycles. The summed E-state index contributed by atoms with van der Waals surface area (Å²) < 4.78 is 5.67. The molecule has 3 heteroatoms. The number of nitrogens with one attached hydrogen (secondary N) is 1. The van der Waals surface area contributed by atoms with Gasteiger partial charge in [0.25, 0.3) is 0 Å². The van der Waals surface area contributed by atoms with Gasteiger partial charge < -0.3 is 15.0 Å². The Bertz CT molecular complexity index is 369. The standard InChI is InChI=1S/C18H30N2O/c1-2-3-14-21-15-8-13-20-12-7-11-19-18(16-20)17-9-5-4-6-10-17/h4-6,9-10,18-19H,2-3,7-8,11-16H2,1H3. The second kappa shape index (κ2) is 9.93. The van der Waals surface area contributed by atoms with Gasteiger partial charge in [0.05, 0.1) is 0 Å². The SMILES string of the molecule is CCCCOCCCN1CCCNC(c2ccccc2)C1. The summed E-state index contributed by atoms with van der Waals surface area (Å²) in [6, 6.07) is 11.3. The van der Waals surface area contributed by atoms with E-state index < -0.39 is 0 Å². The van der Waals surface area contributed by atoms with Gasteiger partial charge in [0.15, 0.2) is 0 Å². The Kier molecular flexibility index (Phi) is 7.79. The maximum absolute atomic E-state index is 5.67. The molecule has 3 nitrogen and oxygen atoms in total. The second-order valence-electron chi connectivity index (χ2n) is 5.89. The van der Waals surface area contributed by atoms with Crippen molar-refractivity contribution in [2.75, 3.05) is 39.4 Å². The van der Waals surface area contributed by atoms with Gasteiger partial charge in [0.1, 0.15) is 0 Å². The number of benzene rings is 1. The monoisotopic (exact) mass is 290 g/mol. The number of rotatable bonds is 8. The zero-order valence-electron chi connectivity index (χ0n) is 13.4. The molecule has 1 atom stereocenters. The van der Waals surface area contributed by atoms with E-state index in [1.54, 1.807) is 0 Å². The lowest BCUT2D eigenvalue weighted by Gasteiger charge is -2.24. The minimum atomic E-state index is 0.467. The van der Waals surface area contributed by atoms with Crippen LogP contribution < -0.4 is 5.32 Å². The molecule has 1 heterocycles. The third kappa shape index (κ3) is 6.16. The number of hydrogen-bond donors (Lipinski definition) is 1. The third-order valence-corrected chi connectivity index (χ3v) is 4.09. The number of unbranched alkanes of at least 4 members (excludes halogenated alkanes) is 1. The van der Waals surface area contributed by atoms with Gasteiger partial charge in [0.2, 0.25) is 0 Å². The van der Waals surface area contributed by atoms with Gasteiger partial charge in [-0.2, -0.15) is 0 Å². The highest BCUT2D eigenvalue weighted by atomic mass is 16.5. The predicted octanol–water partition coefficient (Wildman–Crippen LogP) is 3.23. The van der Waals surface area contributed by atoms with Crippen LogP contribution in [-0.4, -0.2) is 44.3 Å². The van der Waals surface area contributed by atoms with E-state index in [1.807, 2.05) is 0 Å². The maximum atomic E-state index is 5.67. The van der Waals surface area contributed by atoms with Crippen LogP contribution in [0.3, 0.4) is 0 Å². The first-order chi connectivity index (χ1) is 10.4. The Balaban J connectivity index is 1.72.